The number of methoxy groups -OCH3 is 1. The van der Waals surface area contributed by atoms with Gasteiger partial charge in [-0.2, -0.15) is 0 Å². The predicted molar refractivity (Wildman–Crippen MR) is 76.4 cm³/mol. The standard InChI is InChI=1S/C13H24N2O2S/c1-10(9-17-2)15-12(16)13(11(14)18)7-5-3-4-6-8-13/h10H,3-9H2,1-2H3,(H2,14,18)(H,15,16). The van der Waals surface area contributed by atoms with Crippen LogP contribution in [0, 0.1) is 5.41 Å². The summed E-state index contributed by atoms with van der Waals surface area (Å²) >= 11 is 5.17. The Morgan fingerprint density at radius 1 is 1.39 bits per heavy atom. The van der Waals surface area contributed by atoms with Gasteiger partial charge in [0.25, 0.3) is 0 Å². The first-order valence-electron chi connectivity index (χ1n) is 6.63. The van der Waals surface area contributed by atoms with Crippen LogP contribution in [0.2, 0.25) is 0 Å². The number of thiocarbonyl (C=S) groups is 1. The Kier molecular flexibility index (Phi) is 6.02. The second-order valence-corrected chi connectivity index (χ2v) is 5.63. The van der Waals surface area contributed by atoms with Crippen LogP contribution in [0.25, 0.3) is 0 Å². The molecule has 0 radical (unpaired) electrons. The van der Waals surface area contributed by atoms with Gasteiger partial charge in [-0.1, -0.05) is 37.9 Å². The second kappa shape index (κ2) is 7.04. The molecule has 0 heterocycles. The summed E-state index contributed by atoms with van der Waals surface area (Å²) in [7, 11) is 1.62. The molecule has 1 atom stereocenters. The summed E-state index contributed by atoms with van der Waals surface area (Å²) in [5.41, 5.74) is 5.22. The lowest BCUT2D eigenvalue weighted by Crippen LogP contribution is -2.51. The molecule has 0 aromatic rings. The van der Waals surface area contributed by atoms with E-state index in [1.807, 2.05) is 6.92 Å². The first-order valence-corrected chi connectivity index (χ1v) is 7.03. The van der Waals surface area contributed by atoms with Crippen LogP contribution in [0.1, 0.15) is 45.4 Å². The first kappa shape index (κ1) is 15.4. The molecular formula is C13H24N2O2S. The minimum atomic E-state index is -0.645. The lowest BCUT2D eigenvalue weighted by atomic mass is 9.79. The second-order valence-electron chi connectivity index (χ2n) is 5.19. The molecular weight excluding hydrogens is 248 g/mol. The molecule has 5 heteroatoms. The molecule has 0 aliphatic heterocycles. The van der Waals surface area contributed by atoms with E-state index in [1.165, 1.54) is 0 Å². The van der Waals surface area contributed by atoms with Crippen molar-refractivity contribution in [1.82, 2.24) is 5.32 Å². The summed E-state index contributed by atoms with van der Waals surface area (Å²) < 4.78 is 5.03. The zero-order valence-corrected chi connectivity index (χ0v) is 12.1. The van der Waals surface area contributed by atoms with Crippen LogP contribution in [-0.2, 0) is 9.53 Å². The zero-order chi connectivity index (χ0) is 13.6. The number of hydrogen-bond donors (Lipinski definition) is 2. The summed E-state index contributed by atoms with van der Waals surface area (Å²) in [5, 5.41) is 2.97. The number of carbonyl (C=O) groups is 1. The molecule has 0 aromatic carbocycles. The predicted octanol–water partition coefficient (Wildman–Crippen LogP) is 1.76. The summed E-state index contributed by atoms with van der Waals surface area (Å²) in [4.78, 5) is 12.8. The van der Waals surface area contributed by atoms with Gasteiger partial charge in [0.1, 0.15) is 0 Å². The van der Waals surface area contributed by atoms with E-state index < -0.39 is 5.41 Å². The molecule has 0 aromatic heterocycles. The van der Waals surface area contributed by atoms with E-state index in [1.54, 1.807) is 7.11 Å². The molecule has 1 fully saturated rings. The molecule has 1 amide bonds. The van der Waals surface area contributed by atoms with Crippen molar-refractivity contribution in [3.05, 3.63) is 0 Å². The maximum absolute atomic E-state index is 12.5. The van der Waals surface area contributed by atoms with E-state index in [0.717, 1.165) is 38.5 Å². The minimum absolute atomic E-state index is 0.0167. The molecule has 0 saturated heterocycles. The maximum Gasteiger partial charge on any atom is 0.233 e. The fourth-order valence-corrected chi connectivity index (χ4v) is 2.87. The van der Waals surface area contributed by atoms with Gasteiger partial charge < -0.3 is 15.8 Å². The van der Waals surface area contributed by atoms with Crippen LogP contribution in [0.15, 0.2) is 0 Å². The summed E-state index contributed by atoms with van der Waals surface area (Å²) in [6.45, 7) is 2.42. The topological polar surface area (TPSA) is 64.3 Å². The molecule has 104 valence electrons. The molecule has 0 spiro atoms. The Morgan fingerprint density at radius 3 is 2.39 bits per heavy atom. The number of rotatable bonds is 5. The average Bonchev–Trinajstić information content (AvgIpc) is 2.55. The highest BCUT2D eigenvalue weighted by Gasteiger charge is 2.41. The Bertz CT molecular complexity index is 299. The Morgan fingerprint density at radius 2 is 1.94 bits per heavy atom. The van der Waals surface area contributed by atoms with Crippen LogP contribution in [0.4, 0.5) is 0 Å². The highest BCUT2D eigenvalue weighted by atomic mass is 32.1. The summed E-state index contributed by atoms with van der Waals surface area (Å²) in [5.74, 6) is -0.0264. The van der Waals surface area contributed by atoms with Gasteiger partial charge in [0.15, 0.2) is 0 Å². The molecule has 1 unspecified atom stereocenters. The quantitative estimate of drug-likeness (QED) is 0.591. The number of carbonyl (C=O) groups excluding carboxylic acids is 1. The third-order valence-electron chi connectivity index (χ3n) is 3.66. The highest BCUT2D eigenvalue weighted by Crippen LogP contribution is 2.35. The molecule has 1 aliphatic carbocycles. The van der Waals surface area contributed by atoms with Crippen LogP contribution in [0.3, 0.4) is 0 Å². The molecule has 1 rings (SSSR count). The van der Waals surface area contributed by atoms with Crippen molar-refractivity contribution in [2.45, 2.75) is 51.5 Å². The number of ether oxygens (including phenoxy) is 1. The average molecular weight is 272 g/mol. The fraction of sp³-hybridized carbons (Fsp3) is 0.846. The number of hydrogen-bond acceptors (Lipinski definition) is 3. The third-order valence-corrected chi connectivity index (χ3v) is 4.05. The van der Waals surface area contributed by atoms with Crippen LogP contribution < -0.4 is 11.1 Å². The Hall–Kier alpha value is -0.680. The van der Waals surface area contributed by atoms with Crippen molar-refractivity contribution in [2.24, 2.45) is 11.1 Å². The lowest BCUT2D eigenvalue weighted by Gasteiger charge is -2.31. The smallest absolute Gasteiger partial charge is 0.233 e. The van der Waals surface area contributed by atoms with E-state index >= 15 is 0 Å². The van der Waals surface area contributed by atoms with Crippen molar-refractivity contribution < 1.29 is 9.53 Å². The Balaban J connectivity index is 2.76. The van der Waals surface area contributed by atoms with E-state index in [2.05, 4.69) is 5.32 Å². The summed E-state index contributed by atoms with van der Waals surface area (Å²) in [6.07, 6.45) is 5.89. The van der Waals surface area contributed by atoms with Gasteiger partial charge >= 0.3 is 0 Å². The monoisotopic (exact) mass is 272 g/mol. The van der Waals surface area contributed by atoms with Gasteiger partial charge in [0.2, 0.25) is 5.91 Å². The van der Waals surface area contributed by atoms with Crippen molar-refractivity contribution in [3.8, 4) is 0 Å². The van der Waals surface area contributed by atoms with Crippen molar-refractivity contribution in [3.63, 3.8) is 0 Å². The number of nitrogens with two attached hydrogens (primary N) is 1. The normalized spacial score (nSPS) is 20.8. The molecule has 1 saturated carbocycles. The van der Waals surface area contributed by atoms with Crippen molar-refractivity contribution >= 4 is 23.1 Å². The van der Waals surface area contributed by atoms with Crippen LogP contribution in [0.5, 0.6) is 0 Å². The van der Waals surface area contributed by atoms with Crippen molar-refractivity contribution in [1.29, 1.82) is 0 Å². The van der Waals surface area contributed by atoms with Crippen LogP contribution in [-0.4, -0.2) is 30.7 Å². The fourth-order valence-electron chi connectivity index (χ4n) is 2.57. The lowest BCUT2D eigenvalue weighted by molar-refractivity contribution is -0.129. The molecule has 1 aliphatic rings. The third kappa shape index (κ3) is 3.65. The van der Waals surface area contributed by atoms with Gasteiger partial charge in [-0.25, -0.2) is 0 Å². The largest absolute Gasteiger partial charge is 0.392 e. The van der Waals surface area contributed by atoms with E-state index in [9.17, 15) is 4.79 Å². The molecule has 0 bridgehead atoms. The van der Waals surface area contributed by atoms with Gasteiger partial charge in [0.05, 0.1) is 17.0 Å². The van der Waals surface area contributed by atoms with E-state index in [4.69, 9.17) is 22.7 Å². The van der Waals surface area contributed by atoms with Gasteiger partial charge in [-0.15, -0.1) is 0 Å². The molecule has 3 N–H and O–H groups in total. The zero-order valence-electron chi connectivity index (χ0n) is 11.3. The SMILES string of the molecule is COCC(C)NC(=O)C1(C(N)=S)CCCCCC1. The number of amides is 1. The maximum atomic E-state index is 12.5. The Labute approximate surface area is 115 Å². The first-order chi connectivity index (χ1) is 8.53. The van der Waals surface area contributed by atoms with E-state index in [0.29, 0.717) is 11.6 Å². The van der Waals surface area contributed by atoms with Gasteiger partial charge in [-0.3, -0.25) is 4.79 Å². The number of nitrogens with one attached hydrogen (secondary N) is 1. The highest BCUT2D eigenvalue weighted by molar-refractivity contribution is 7.80. The summed E-state index contributed by atoms with van der Waals surface area (Å²) in [6, 6.07) is -0.0167. The molecule has 18 heavy (non-hydrogen) atoms. The molecule has 4 nitrogen and oxygen atoms in total. The minimum Gasteiger partial charge on any atom is -0.392 e. The van der Waals surface area contributed by atoms with Gasteiger partial charge in [0, 0.05) is 13.2 Å². The van der Waals surface area contributed by atoms with Gasteiger partial charge in [-0.05, 0) is 19.8 Å². The van der Waals surface area contributed by atoms with E-state index in [-0.39, 0.29) is 11.9 Å². The van der Waals surface area contributed by atoms with Crippen molar-refractivity contribution in [2.75, 3.05) is 13.7 Å². The van der Waals surface area contributed by atoms with Crippen LogP contribution >= 0.6 is 12.2 Å².